The predicted molar refractivity (Wildman–Crippen MR) is 85.7 cm³/mol. The number of aromatic nitrogens is 1. The van der Waals surface area contributed by atoms with Gasteiger partial charge in [0, 0.05) is 17.6 Å². The highest BCUT2D eigenvalue weighted by atomic mass is 35.5. The second-order valence-corrected chi connectivity index (χ2v) is 6.93. The van der Waals surface area contributed by atoms with Gasteiger partial charge >= 0.3 is 0 Å². The third-order valence-electron chi connectivity index (χ3n) is 3.08. The Morgan fingerprint density at radius 2 is 2.10 bits per heavy atom. The summed E-state index contributed by atoms with van der Waals surface area (Å²) in [6.45, 7) is 5.00. The summed E-state index contributed by atoms with van der Waals surface area (Å²) >= 11 is 7.53. The summed E-state index contributed by atoms with van der Waals surface area (Å²) in [4.78, 5) is 7.94. The van der Waals surface area contributed by atoms with Crippen LogP contribution in [0.3, 0.4) is 0 Å². The number of aliphatic hydroxyl groups is 1. The van der Waals surface area contributed by atoms with Gasteiger partial charge in [-0.3, -0.25) is 0 Å². The summed E-state index contributed by atoms with van der Waals surface area (Å²) in [5.41, 5.74) is 1.90. The number of anilines is 1. The van der Waals surface area contributed by atoms with Gasteiger partial charge in [-0.25, -0.2) is 4.98 Å². The quantitative estimate of drug-likeness (QED) is 0.905. The van der Waals surface area contributed by atoms with Crippen molar-refractivity contribution in [3.63, 3.8) is 0 Å². The van der Waals surface area contributed by atoms with Crippen LogP contribution in [0.4, 0.5) is 5.82 Å². The summed E-state index contributed by atoms with van der Waals surface area (Å²) in [7, 11) is 2.00. The Bertz CT molecular complexity index is 583. The van der Waals surface area contributed by atoms with Crippen LogP contribution in [0, 0.1) is 0 Å². The topological polar surface area (TPSA) is 36.4 Å². The minimum Gasteiger partial charge on any atom is -0.392 e. The minimum atomic E-state index is 0.0356. The average molecular weight is 311 g/mol. The van der Waals surface area contributed by atoms with E-state index in [9.17, 15) is 5.11 Å². The monoisotopic (exact) mass is 310 g/mol. The molecule has 0 fully saturated rings. The largest absolute Gasteiger partial charge is 0.392 e. The molecule has 0 saturated heterocycles. The fourth-order valence-corrected chi connectivity index (χ4v) is 3.07. The lowest BCUT2D eigenvalue weighted by Crippen LogP contribution is -2.18. The van der Waals surface area contributed by atoms with Gasteiger partial charge in [0.15, 0.2) is 0 Å². The highest BCUT2D eigenvalue weighted by molar-refractivity contribution is 7.16. The number of thiophene rings is 1. The maximum absolute atomic E-state index is 9.38. The SMILES string of the molecule is CC(C)c1cc(CO)cc(N(C)Cc2ccc(Cl)s2)n1. The van der Waals surface area contributed by atoms with Crippen LogP contribution in [0.5, 0.6) is 0 Å². The number of hydrogen-bond donors (Lipinski definition) is 1. The van der Waals surface area contributed by atoms with Crippen LogP contribution in [0.15, 0.2) is 24.3 Å². The zero-order valence-corrected chi connectivity index (χ0v) is 13.5. The minimum absolute atomic E-state index is 0.0356. The Morgan fingerprint density at radius 1 is 1.35 bits per heavy atom. The van der Waals surface area contributed by atoms with Crippen molar-refractivity contribution in [3.05, 3.63) is 44.7 Å². The molecule has 0 aliphatic carbocycles. The van der Waals surface area contributed by atoms with E-state index >= 15 is 0 Å². The molecule has 2 rings (SSSR count). The first-order chi connectivity index (χ1) is 9.49. The maximum atomic E-state index is 9.38. The van der Waals surface area contributed by atoms with Gasteiger partial charge in [0.25, 0.3) is 0 Å². The molecule has 2 aromatic rings. The Morgan fingerprint density at radius 3 is 2.65 bits per heavy atom. The predicted octanol–water partition coefficient (Wildman–Crippen LogP) is 4.05. The lowest BCUT2D eigenvalue weighted by atomic mass is 10.1. The van der Waals surface area contributed by atoms with Crippen LogP contribution in [0.1, 0.15) is 35.9 Å². The molecule has 108 valence electrons. The van der Waals surface area contributed by atoms with Crippen molar-refractivity contribution in [2.45, 2.75) is 32.9 Å². The van der Waals surface area contributed by atoms with Crippen LogP contribution < -0.4 is 4.90 Å². The van der Waals surface area contributed by atoms with Crippen LogP contribution in [0.2, 0.25) is 4.34 Å². The third-order valence-corrected chi connectivity index (χ3v) is 4.29. The summed E-state index contributed by atoms with van der Waals surface area (Å²) in [6, 6.07) is 7.83. The molecule has 0 atom stereocenters. The summed E-state index contributed by atoms with van der Waals surface area (Å²) in [5, 5.41) is 9.38. The highest BCUT2D eigenvalue weighted by Crippen LogP contribution is 2.25. The second kappa shape index (κ2) is 6.57. The summed E-state index contributed by atoms with van der Waals surface area (Å²) in [5.74, 6) is 1.22. The van der Waals surface area contributed by atoms with E-state index in [1.54, 1.807) is 11.3 Å². The fourth-order valence-electron chi connectivity index (χ4n) is 1.93. The smallest absolute Gasteiger partial charge is 0.129 e. The first-order valence-electron chi connectivity index (χ1n) is 6.56. The average Bonchev–Trinajstić information content (AvgIpc) is 2.83. The van der Waals surface area contributed by atoms with Gasteiger partial charge in [-0.2, -0.15) is 0 Å². The second-order valence-electron chi connectivity index (χ2n) is 5.13. The number of rotatable bonds is 5. The molecule has 0 aliphatic rings. The molecule has 0 aliphatic heterocycles. The zero-order valence-electron chi connectivity index (χ0n) is 11.9. The van der Waals surface area contributed by atoms with E-state index in [0.717, 1.165) is 28.0 Å². The number of halogens is 1. The molecule has 0 aromatic carbocycles. The lowest BCUT2D eigenvalue weighted by Gasteiger charge is -2.20. The number of pyridine rings is 1. The standard InChI is InChI=1S/C15H19ClN2OS/c1-10(2)13-6-11(9-19)7-15(17-13)18(3)8-12-4-5-14(16)20-12/h4-7,10,19H,8-9H2,1-3H3. The van der Waals surface area contributed by atoms with Gasteiger partial charge < -0.3 is 10.0 Å². The molecule has 0 radical (unpaired) electrons. The number of nitrogens with zero attached hydrogens (tertiary/aromatic N) is 2. The number of aliphatic hydroxyl groups excluding tert-OH is 1. The molecule has 0 unspecified atom stereocenters. The fraction of sp³-hybridized carbons (Fsp3) is 0.400. The zero-order chi connectivity index (χ0) is 14.7. The Labute approximate surface area is 128 Å². The van der Waals surface area contributed by atoms with Crippen molar-refractivity contribution in [1.82, 2.24) is 4.98 Å². The molecule has 3 nitrogen and oxygen atoms in total. The van der Waals surface area contributed by atoms with Gasteiger partial charge in [-0.15, -0.1) is 11.3 Å². The van der Waals surface area contributed by atoms with Crippen molar-refractivity contribution < 1.29 is 5.11 Å². The van der Waals surface area contributed by atoms with Crippen molar-refractivity contribution in [2.75, 3.05) is 11.9 Å². The lowest BCUT2D eigenvalue weighted by molar-refractivity contribution is 0.281. The van der Waals surface area contributed by atoms with Gasteiger partial charge in [0.05, 0.1) is 17.5 Å². The molecule has 1 N–H and O–H groups in total. The highest BCUT2D eigenvalue weighted by Gasteiger charge is 2.10. The first-order valence-corrected chi connectivity index (χ1v) is 7.76. The van der Waals surface area contributed by atoms with E-state index in [4.69, 9.17) is 11.6 Å². The number of hydrogen-bond acceptors (Lipinski definition) is 4. The van der Waals surface area contributed by atoms with Crippen LogP contribution in [0.25, 0.3) is 0 Å². The van der Waals surface area contributed by atoms with E-state index in [1.165, 1.54) is 4.88 Å². The Balaban J connectivity index is 2.24. The van der Waals surface area contributed by atoms with Crippen molar-refractivity contribution in [2.24, 2.45) is 0 Å². The first kappa shape index (κ1) is 15.3. The molecule has 2 aromatic heterocycles. The molecule has 2 heterocycles. The molecule has 0 spiro atoms. The molecule has 0 amide bonds. The van der Waals surface area contributed by atoms with E-state index in [0.29, 0.717) is 5.92 Å². The third kappa shape index (κ3) is 3.72. The van der Waals surface area contributed by atoms with E-state index < -0.39 is 0 Å². The molecular formula is C15H19ClN2OS. The van der Waals surface area contributed by atoms with Crippen molar-refractivity contribution in [3.8, 4) is 0 Å². The van der Waals surface area contributed by atoms with Crippen LogP contribution in [-0.2, 0) is 13.2 Å². The van der Waals surface area contributed by atoms with Crippen molar-refractivity contribution >= 4 is 28.8 Å². The van der Waals surface area contributed by atoms with Crippen LogP contribution >= 0.6 is 22.9 Å². The van der Waals surface area contributed by atoms with E-state index in [2.05, 4.69) is 23.7 Å². The molecule has 20 heavy (non-hydrogen) atoms. The van der Waals surface area contributed by atoms with E-state index in [-0.39, 0.29) is 6.61 Å². The molecule has 0 bridgehead atoms. The van der Waals surface area contributed by atoms with Gasteiger partial charge in [-0.1, -0.05) is 25.4 Å². The van der Waals surface area contributed by atoms with Gasteiger partial charge in [0.2, 0.25) is 0 Å². The van der Waals surface area contributed by atoms with E-state index in [1.807, 2.05) is 31.3 Å². The summed E-state index contributed by atoms with van der Waals surface area (Å²) in [6.07, 6.45) is 0. The van der Waals surface area contributed by atoms with Gasteiger partial charge in [0.1, 0.15) is 5.82 Å². The molecular weight excluding hydrogens is 292 g/mol. The van der Waals surface area contributed by atoms with Crippen molar-refractivity contribution in [1.29, 1.82) is 0 Å². The maximum Gasteiger partial charge on any atom is 0.129 e. The molecule has 5 heteroatoms. The van der Waals surface area contributed by atoms with Crippen LogP contribution in [-0.4, -0.2) is 17.1 Å². The Hall–Kier alpha value is -1.10. The Kier molecular flexibility index (Phi) is 5.02. The van der Waals surface area contributed by atoms with Gasteiger partial charge in [-0.05, 0) is 35.7 Å². The molecule has 0 saturated carbocycles. The summed E-state index contributed by atoms with van der Waals surface area (Å²) < 4.78 is 0.799. The normalized spacial score (nSPS) is 11.1.